The van der Waals surface area contributed by atoms with Crippen molar-refractivity contribution in [2.45, 2.75) is 18.3 Å². The fraction of sp³-hybridized carbons (Fsp3) is 0.333. The zero-order chi connectivity index (χ0) is 21.9. The Bertz CT molecular complexity index is 1090. The normalized spacial score (nSPS) is 21.2. The molecule has 8 heteroatoms. The van der Waals surface area contributed by atoms with Crippen LogP contribution in [0.3, 0.4) is 0 Å². The summed E-state index contributed by atoms with van der Waals surface area (Å²) in [6.45, 7) is 1.41. The van der Waals surface area contributed by atoms with Crippen LogP contribution in [0.25, 0.3) is 10.8 Å². The molecule has 0 bridgehead atoms. The number of likely N-dealkylation sites (tertiary alicyclic amines) is 1. The molecule has 5 rings (SSSR count). The van der Waals surface area contributed by atoms with Crippen molar-refractivity contribution in [2.24, 2.45) is 0 Å². The molecule has 0 unspecified atom stereocenters. The molecule has 0 spiro atoms. The lowest BCUT2D eigenvalue weighted by molar-refractivity contribution is -0.133. The van der Waals surface area contributed by atoms with Gasteiger partial charge >= 0.3 is 0 Å². The van der Waals surface area contributed by atoms with Crippen LogP contribution in [-0.4, -0.2) is 67.0 Å². The molecule has 3 heterocycles. The molecular weight excluding hydrogens is 415 g/mol. The van der Waals surface area contributed by atoms with Crippen LogP contribution < -0.4 is 9.47 Å². The van der Waals surface area contributed by atoms with Gasteiger partial charge in [0.05, 0.1) is 13.2 Å². The van der Waals surface area contributed by atoms with Crippen LogP contribution in [0.1, 0.15) is 0 Å². The third-order valence-electron chi connectivity index (χ3n) is 5.65. The second-order valence-corrected chi connectivity index (χ2v) is 7.88. The Labute approximate surface area is 184 Å². The number of rotatable bonds is 5. The monoisotopic (exact) mass is 438 g/mol. The van der Waals surface area contributed by atoms with E-state index in [1.54, 1.807) is 29.4 Å². The number of pyridine rings is 1. The Morgan fingerprint density at radius 2 is 1.88 bits per heavy atom. The van der Waals surface area contributed by atoms with E-state index in [9.17, 15) is 9.18 Å². The molecule has 0 saturated carbocycles. The second-order valence-electron chi connectivity index (χ2n) is 7.88. The number of fused-ring (bicyclic) bond motifs is 2. The van der Waals surface area contributed by atoms with Gasteiger partial charge in [-0.25, -0.2) is 4.39 Å². The summed E-state index contributed by atoms with van der Waals surface area (Å²) in [7, 11) is 0. The number of halogens is 1. The van der Waals surface area contributed by atoms with Gasteiger partial charge in [0.1, 0.15) is 35.6 Å². The van der Waals surface area contributed by atoms with Crippen molar-refractivity contribution in [1.82, 2.24) is 9.88 Å². The average molecular weight is 438 g/mol. The Hall–Kier alpha value is -3.23. The number of benzene rings is 2. The van der Waals surface area contributed by atoms with E-state index in [4.69, 9.17) is 18.9 Å². The van der Waals surface area contributed by atoms with Crippen LogP contribution in [-0.2, 0) is 14.3 Å². The Kier molecular flexibility index (Phi) is 5.87. The number of aromatic nitrogens is 1. The maximum Gasteiger partial charge on any atom is 0.260 e. The lowest BCUT2D eigenvalue weighted by Crippen LogP contribution is -2.35. The minimum Gasteiger partial charge on any atom is -0.485 e. The molecular formula is C24H23FN2O5. The van der Waals surface area contributed by atoms with Crippen molar-refractivity contribution >= 4 is 16.7 Å². The first-order valence-electron chi connectivity index (χ1n) is 10.5. The predicted octanol–water partition coefficient (Wildman–Crippen LogP) is 2.83. The minimum atomic E-state index is -0.405. The van der Waals surface area contributed by atoms with E-state index in [-0.39, 0.29) is 30.8 Å². The van der Waals surface area contributed by atoms with Crippen molar-refractivity contribution in [2.75, 3.05) is 32.9 Å². The van der Waals surface area contributed by atoms with Gasteiger partial charge in [-0.2, -0.15) is 0 Å². The first-order valence-corrected chi connectivity index (χ1v) is 10.5. The zero-order valence-corrected chi connectivity index (χ0v) is 17.4. The average Bonchev–Trinajstić information content (AvgIpc) is 3.13. The van der Waals surface area contributed by atoms with Gasteiger partial charge in [-0.05, 0) is 24.3 Å². The molecule has 1 amide bonds. The molecule has 0 aliphatic carbocycles. The lowest BCUT2D eigenvalue weighted by Gasteiger charge is -2.20. The summed E-state index contributed by atoms with van der Waals surface area (Å²) in [5, 5.41) is 1.99. The van der Waals surface area contributed by atoms with E-state index >= 15 is 0 Å². The highest BCUT2D eigenvalue weighted by molar-refractivity contribution is 5.87. The van der Waals surface area contributed by atoms with Crippen molar-refractivity contribution in [1.29, 1.82) is 0 Å². The number of hydrogen-bond donors (Lipinski definition) is 0. The van der Waals surface area contributed by atoms with Gasteiger partial charge in [0.15, 0.2) is 6.61 Å². The first-order chi connectivity index (χ1) is 15.7. The highest BCUT2D eigenvalue weighted by atomic mass is 19.1. The molecule has 2 saturated heterocycles. The summed E-state index contributed by atoms with van der Waals surface area (Å²) < 4.78 is 36.9. The Morgan fingerprint density at radius 3 is 2.66 bits per heavy atom. The van der Waals surface area contributed by atoms with Crippen LogP contribution in [0.15, 0.2) is 60.9 Å². The van der Waals surface area contributed by atoms with Crippen molar-refractivity contribution in [3.63, 3.8) is 0 Å². The van der Waals surface area contributed by atoms with Gasteiger partial charge in [0, 0.05) is 42.3 Å². The maximum atomic E-state index is 13.3. The van der Waals surface area contributed by atoms with Crippen molar-refractivity contribution in [3.8, 4) is 11.5 Å². The molecule has 32 heavy (non-hydrogen) atoms. The standard InChI is InChI=1S/C24H23FN2O5/c25-17-4-2-5-18(9-17)29-15-24(28)27-11-22-23(12-27)31-14-19(13-30-22)32-21-6-1-3-16-10-26-8-7-20(16)21/h1-10,19,22-23H,11-15H2/t22-,23-/m0/s1. The molecule has 2 aromatic carbocycles. The van der Waals surface area contributed by atoms with Gasteiger partial charge in [-0.3, -0.25) is 9.78 Å². The fourth-order valence-corrected chi connectivity index (χ4v) is 4.01. The molecule has 166 valence electrons. The smallest absolute Gasteiger partial charge is 0.260 e. The van der Waals surface area contributed by atoms with E-state index in [0.29, 0.717) is 32.1 Å². The van der Waals surface area contributed by atoms with Gasteiger partial charge in [0.2, 0.25) is 0 Å². The highest BCUT2D eigenvalue weighted by Gasteiger charge is 2.39. The summed E-state index contributed by atoms with van der Waals surface area (Å²) >= 11 is 0. The summed E-state index contributed by atoms with van der Waals surface area (Å²) in [6.07, 6.45) is 2.84. The van der Waals surface area contributed by atoms with Crippen molar-refractivity contribution in [3.05, 3.63) is 66.7 Å². The fourth-order valence-electron chi connectivity index (χ4n) is 4.01. The molecule has 2 atom stereocenters. The topological polar surface area (TPSA) is 70.1 Å². The summed E-state index contributed by atoms with van der Waals surface area (Å²) in [5.74, 6) is 0.493. The number of ether oxygens (including phenoxy) is 4. The van der Waals surface area contributed by atoms with E-state index in [2.05, 4.69) is 4.98 Å². The predicted molar refractivity (Wildman–Crippen MR) is 114 cm³/mol. The second kappa shape index (κ2) is 9.10. The van der Waals surface area contributed by atoms with Crippen LogP contribution >= 0.6 is 0 Å². The number of carbonyl (C=O) groups is 1. The molecule has 0 radical (unpaired) electrons. The molecule has 1 aromatic heterocycles. The molecule has 3 aromatic rings. The van der Waals surface area contributed by atoms with Crippen LogP contribution in [0.5, 0.6) is 11.5 Å². The SMILES string of the molecule is O=C(COc1cccc(F)c1)N1C[C@@H]2OCC(Oc3cccc4cnccc34)CO[C@H]2C1. The van der Waals surface area contributed by atoms with Crippen LogP contribution in [0.4, 0.5) is 4.39 Å². The van der Waals surface area contributed by atoms with E-state index in [0.717, 1.165) is 16.5 Å². The number of nitrogens with zero attached hydrogens (tertiary/aromatic N) is 2. The van der Waals surface area contributed by atoms with E-state index in [1.807, 2.05) is 24.3 Å². The maximum absolute atomic E-state index is 13.3. The van der Waals surface area contributed by atoms with Gasteiger partial charge in [0.25, 0.3) is 5.91 Å². The Morgan fingerprint density at radius 1 is 1.09 bits per heavy atom. The third-order valence-corrected chi connectivity index (χ3v) is 5.65. The van der Waals surface area contributed by atoms with Crippen LogP contribution in [0, 0.1) is 5.82 Å². The zero-order valence-electron chi connectivity index (χ0n) is 17.4. The van der Waals surface area contributed by atoms with Gasteiger partial charge in [-0.1, -0.05) is 18.2 Å². The highest BCUT2D eigenvalue weighted by Crippen LogP contribution is 2.27. The number of hydrogen-bond acceptors (Lipinski definition) is 6. The van der Waals surface area contributed by atoms with Crippen molar-refractivity contribution < 1.29 is 28.1 Å². The van der Waals surface area contributed by atoms with E-state index < -0.39 is 5.82 Å². The summed E-state index contributed by atoms with van der Waals surface area (Å²) in [6, 6.07) is 13.5. The molecule has 7 nitrogen and oxygen atoms in total. The molecule has 2 aliphatic heterocycles. The van der Waals surface area contributed by atoms with Crippen LogP contribution in [0.2, 0.25) is 0 Å². The third kappa shape index (κ3) is 4.51. The summed E-state index contributed by atoms with van der Waals surface area (Å²) in [5.41, 5.74) is 0. The number of amides is 1. The first kappa shape index (κ1) is 20.7. The Balaban J connectivity index is 1.15. The molecule has 2 aliphatic rings. The van der Waals surface area contributed by atoms with Gasteiger partial charge < -0.3 is 23.8 Å². The van der Waals surface area contributed by atoms with Gasteiger partial charge in [-0.15, -0.1) is 0 Å². The minimum absolute atomic E-state index is 0.162. The molecule has 2 fully saturated rings. The quantitative estimate of drug-likeness (QED) is 0.610. The number of carbonyl (C=O) groups excluding carboxylic acids is 1. The summed E-state index contributed by atoms with van der Waals surface area (Å²) in [4.78, 5) is 18.3. The largest absolute Gasteiger partial charge is 0.485 e. The van der Waals surface area contributed by atoms with E-state index in [1.165, 1.54) is 12.1 Å². The molecule has 0 N–H and O–H groups in total. The lowest BCUT2D eigenvalue weighted by atomic mass is 10.1.